The Balaban J connectivity index is 2.16. The molecule has 6 nitrogen and oxygen atoms in total. The summed E-state index contributed by atoms with van der Waals surface area (Å²) in [6, 6.07) is 5.02. The Labute approximate surface area is 135 Å². The molecule has 0 amide bonds. The van der Waals surface area contributed by atoms with Crippen molar-refractivity contribution in [2.75, 3.05) is 39.0 Å². The van der Waals surface area contributed by atoms with Crippen molar-refractivity contribution in [2.24, 2.45) is 0 Å². The van der Waals surface area contributed by atoms with Gasteiger partial charge < -0.3 is 4.74 Å². The molecule has 2 rings (SSSR count). The lowest BCUT2D eigenvalue weighted by Gasteiger charge is -2.37. The molecule has 0 radical (unpaired) electrons. The normalized spacial score (nSPS) is 18.6. The van der Waals surface area contributed by atoms with E-state index in [-0.39, 0.29) is 11.6 Å². The molecule has 128 valence electrons. The van der Waals surface area contributed by atoms with E-state index in [9.17, 15) is 17.6 Å². The van der Waals surface area contributed by atoms with E-state index in [0.717, 1.165) is 0 Å². The molecule has 1 aliphatic heterocycles. The van der Waals surface area contributed by atoms with Crippen molar-refractivity contribution in [2.45, 2.75) is 13.0 Å². The highest BCUT2D eigenvalue weighted by Crippen LogP contribution is 2.24. The van der Waals surface area contributed by atoms with Gasteiger partial charge in [0.15, 0.2) is 0 Å². The van der Waals surface area contributed by atoms with E-state index in [1.807, 2.05) is 4.90 Å². The maximum absolute atomic E-state index is 13.1. The zero-order valence-corrected chi connectivity index (χ0v) is 14.1. The summed E-state index contributed by atoms with van der Waals surface area (Å²) in [6.07, 6.45) is 0. The molecular weight excluding hydrogens is 323 g/mol. The zero-order chi connectivity index (χ0) is 17.0. The van der Waals surface area contributed by atoms with Crippen LogP contribution in [0.5, 0.6) is 0 Å². The largest absolute Gasteiger partial charge is 0.468 e. The minimum Gasteiger partial charge on any atom is -0.468 e. The van der Waals surface area contributed by atoms with Gasteiger partial charge in [0, 0.05) is 26.2 Å². The Morgan fingerprint density at radius 2 is 1.78 bits per heavy atom. The summed E-state index contributed by atoms with van der Waals surface area (Å²) in [6.45, 7) is 3.08. The van der Waals surface area contributed by atoms with Gasteiger partial charge >= 0.3 is 5.97 Å². The second-order valence-corrected chi connectivity index (χ2v) is 7.57. The van der Waals surface area contributed by atoms with Crippen molar-refractivity contribution in [3.63, 3.8) is 0 Å². The first-order chi connectivity index (χ1) is 10.9. The number of benzene rings is 1. The van der Waals surface area contributed by atoms with Gasteiger partial charge in [0.1, 0.15) is 11.9 Å². The number of carbonyl (C=O) groups is 1. The fraction of sp³-hybridized carbons (Fsp3) is 0.533. The summed E-state index contributed by atoms with van der Waals surface area (Å²) in [5.41, 5.74) is 0.630. The standard InChI is InChI=1S/C15H21FN2O4S/c1-3-23(20,21)18-10-8-17(9-11-18)14(15(19)22-2)12-4-6-13(16)7-5-12/h4-7,14H,3,8-11H2,1-2H3. The van der Waals surface area contributed by atoms with Crippen LogP contribution in [0, 0.1) is 5.82 Å². The van der Waals surface area contributed by atoms with E-state index in [1.165, 1.54) is 23.5 Å². The first kappa shape index (κ1) is 17.8. The van der Waals surface area contributed by atoms with Crippen LogP contribution in [0.1, 0.15) is 18.5 Å². The second-order valence-electron chi connectivity index (χ2n) is 5.31. The third-order valence-corrected chi connectivity index (χ3v) is 5.89. The van der Waals surface area contributed by atoms with E-state index in [1.54, 1.807) is 19.1 Å². The van der Waals surface area contributed by atoms with Crippen LogP contribution in [-0.2, 0) is 19.6 Å². The summed E-state index contributed by atoms with van der Waals surface area (Å²) in [7, 11) is -1.92. The van der Waals surface area contributed by atoms with E-state index in [0.29, 0.717) is 31.7 Å². The van der Waals surface area contributed by atoms with Crippen LogP contribution in [0.15, 0.2) is 24.3 Å². The average molecular weight is 344 g/mol. The number of nitrogens with zero attached hydrogens (tertiary/aromatic N) is 2. The number of esters is 1. The van der Waals surface area contributed by atoms with Crippen LogP contribution < -0.4 is 0 Å². The molecule has 1 heterocycles. The molecule has 0 aliphatic carbocycles. The van der Waals surface area contributed by atoms with Gasteiger partial charge in [-0.05, 0) is 24.6 Å². The molecule has 1 aromatic rings. The van der Waals surface area contributed by atoms with Crippen molar-refractivity contribution in [3.05, 3.63) is 35.6 Å². The lowest BCUT2D eigenvalue weighted by Crippen LogP contribution is -2.51. The first-order valence-electron chi connectivity index (χ1n) is 7.44. The van der Waals surface area contributed by atoms with E-state index >= 15 is 0 Å². The van der Waals surface area contributed by atoms with Gasteiger partial charge in [-0.2, -0.15) is 4.31 Å². The Kier molecular flexibility index (Phi) is 5.72. The molecule has 1 aliphatic rings. The molecule has 0 bridgehead atoms. The maximum Gasteiger partial charge on any atom is 0.327 e. The van der Waals surface area contributed by atoms with Crippen molar-refractivity contribution in [1.29, 1.82) is 0 Å². The maximum atomic E-state index is 13.1. The minimum absolute atomic E-state index is 0.0609. The van der Waals surface area contributed by atoms with Crippen LogP contribution in [0.2, 0.25) is 0 Å². The molecule has 0 aromatic heterocycles. The number of carbonyl (C=O) groups excluding carboxylic acids is 1. The van der Waals surface area contributed by atoms with Crippen molar-refractivity contribution in [3.8, 4) is 0 Å². The van der Waals surface area contributed by atoms with E-state index in [2.05, 4.69) is 0 Å². The van der Waals surface area contributed by atoms with Gasteiger partial charge in [-0.3, -0.25) is 4.90 Å². The third-order valence-electron chi connectivity index (χ3n) is 4.01. The molecule has 1 saturated heterocycles. The number of hydrogen-bond donors (Lipinski definition) is 0. The number of ether oxygens (including phenoxy) is 1. The molecule has 8 heteroatoms. The summed E-state index contributed by atoms with van der Waals surface area (Å²) in [4.78, 5) is 14.0. The SMILES string of the molecule is CCS(=O)(=O)N1CCN(C(C(=O)OC)c2ccc(F)cc2)CC1. The summed E-state index contributed by atoms with van der Waals surface area (Å²) in [5.74, 6) is -0.759. The molecular formula is C15H21FN2O4S. The third kappa shape index (κ3) is 4.07. The highest BCUT2D eigenvalue weighted by Gasteiger charge is 2.33. The molecule has 0 saturated carbocycles. The molecule has 0 spiro atoms. The smallest absolute Gasteiger partial charge is 0.327 e. The number of rotatable bonds is 5. The molecule has 1 unspecified atom stereocenters. The van der Waals surface area contributed by atoms with Gasteiger partial charge in [0.2, 0.25) is 10.0 Å². The fourth-order valence-corrected chi connectivity index (χ4v) is 3.76. The van der Waals surface area contributed by atoms with Gasteiger partial charge in [-0.15, -0.1) is 0 Å². The predicted octanol–water partition coefficient (Wildman–Crippen LogP) is 1.01. The number of sulfonamides is 1. The number of piperazine rings is 1. The molecule has 23 heavy (non-hydrogen) atoms. The van der Waals surface area contributed by atoms with Crippen LogP contribution in [0.3, 0.4) is 0 Å². The quantitative estimate of drug-likeness (QED) is 0.746. The van der Waals surface area contributed by atoms with Crippen LogP contribution in [0.4, 0.5) is 4.39 Å². The average Bonchev–Trinajstić information content (AvgIpc) is 2.57. The molecule has 1 fully saturated rings. The number of halogens is 1. The Bertz CT molecular complexity index is 640. The monoisotopic (exact) mass is 344 g/mol. The highest BCUT2D eigenvalue weighted by molar-refractivity contribution is 7.89. The van der Waals surface area contributed by atoms with Crippen molar-refractivity contribution < 1.29 is 22.3 Å². The lowest BCUT2D eigenvalue weighted by atomic mass is 10.0. The van der Waals surface area contributed by atoms with E-state index in [4.69, 9.17) is 4.74 Å². The molecule has 0 N–H and O–H groups in total. The number of hydrogen-bond acceptors (Lipinski definition) is 5. The van der Waals surface area contributed by atoms with Gasteiger partial charge in [0.05, 0.1) is 12.9 Å². The zero-order valence-electron chi connectivity index (χ0n) is 13.2. The highest BCUT2D eigenvalue weighted by atomic mass is 32.2. The Morgan fingerprint density at radius 1 is 1.22 bits per heavy atom. The van der Waals surface area contributed by atoms with Crippen LogP contribution in [-0.4, -0.2) is 62.6 Å². The topological polar surface area (TPSA) is 66.9 Å². The van der Waals surface area contributed by atoms with Crippen LogP contribution in [0.25, 0.3) is 0 Å². The van der Waals surface area contributed by atoms with Crippen LogP contribution >= 0.6 is 0 Å². The fourth-order valence-electron chi connectivity index (χ4n) is 2.68. The van der Waals surface area contributed by atoms with Crippen molar-refractivity contribution >= 4 is 16.0 Å². The number of methoxy groups -OCH3 is 1. The van der Waals surface area contributed by atoms with Crippen molar-refractivity contribution in [1.82, 2.24) is 9.21 Å². The van der Waals surface area contributed by atoms with Gasteiger partial charge in [-0.1, -0.05) is 12.1 Å². The Morgan fingerprint density at radius 3 is 2.26 bits per heavy atom. The Hall–Kier alpha value is -1.51. The summed E-state index contributed by atoms with van der Waals surface area (Å²) < 4.78 is 43.2. The minimum atomic E-state index is -3.23. The predicted molar refractivity (Wildman–Crippen MR) is 83.8 cm³/mol. The van der Waals surface area contributed by atoms with Gasteiger partial charge in [0.25, 0.3) is 0 Å². The van der Waals surface area contributed by atoms with Gasteiger partial charge in [-0.25, -0.2) is 17.6 Å². The molecule has 1 atom stereocenters. The first-order valence-corrected chi connectivity index (χ1v) is 9.05. The summed E-state index contributed by atoms with van der Waals surface area (Å²) >= 11 is 0. The molecule has 1 aromatic carbocycles. The lowest BCUT2D eigenvalue weighted by molar-refractivity contribution is -0.147. The summed E-state index contributed by atoms with van der Waals surface area (Å²) in [5, 5.41) is 0. The van der Waals surface area contributed by atoms with E-state index < -0.39 is 22.0 Å². The second kappa shape index (κ2) is 7.37.